The summed E-state index contributed by atoms with van der Waals surface area (Å²) in [7, 11) is 1.54. The molecule has 5 heteroatoms. The van der Waals surface area contributed by atoms with Crippen LogP contribution >= 0.6 is 12.6 Å². The lowest BCUT2D eigenvalue weighted by atomic mass is 9.82. The highest BCUT2D eigenvalue weighted by atomic mass is 32.1. The summed E-state index contributed by atoms with van der Waals surface area (Å²) in [5.41, 5.74) is -0.0202. The van der Waals surface area contributed by atoms with Crippen molar-refractivity contribution in [3.05, 3.63) is 22.5 Å². The van der Waals surface area contributed by atoms with Crippen molar-refractivity contribution in [1.29, 1.82) is 0 Å². The smallest absolute Gasteiger partial charge is 0.266 e. The Kier molecular flexibility index (Phi) is 4.62. The molecule has 0 aliphatic carbocycles. The van der Waals surface area contributed by atoms with Gasteiger partial charge in [0.2, 0.25) is 5.88 Å². The molecule has 1 rings (SSSR count). The summed E-state index contributed by atoms with van der Waals surface area (Å²) in [6.45, 7) is 6.97. The Labute approximate surface area is 107 Å². The Balaban J connectivity index is 2.97. The highest BCUT2D eigenvalue weighted by Crippen LogP contribution is 2.27. The number of nitrogens with zero attached hydrogens (tertiary/aromatic N) is 2. The molecule has 1 aromatic rings. The average molecular weight is 256 g/mol. The Morgan fingerprint density at radius 3 is 2.59 bits per heavy atom. The topological polar surface area (TPSA) is 44.1 Å². The summed E-state index contributed by atoms with van der Waals surface area (Å²) in [6, 6.07) is 3.05. The van der Waals surface area contributed by atoms with Crippen LogP contribution in [0.15, 0.2) is 16.9 Å². The molecule has 0 aromatic carbocycles. The molecule has 0 aliphatic rings. The number of hydrogen-bond donors (Lipinski definition) is 1. The Bertz CT molecular complexity index is 423. The Morgan fingerprint density at radius 2 is 2.12 bits per heavy atom. The number of thiol groups is 1. The molecule has 1 unspecified atom stereocenters. The lowest BCUT2D eigenvalue weighted by Gasteiger charge is -2.29. The fourth-order valence-corrected chi connectivity index (χ4v) is 2.15. The molecule has 0 aliphatic heterocycles. The van der Waals surface area contributed by atoms with E-state index in [9.17, 15) is 4.79 Å². The van der Waals surface area contributed by atoms with Crippen LogP contribution in [0.4, 0.5) is 0 Å². The van der Waals surface area contributed by atoms with Crippen molar-refractivity contribution < 1.29 is 4.74 Å². The summed E-state index contributed by atoms with van der Waals surface area (Å²) < 4.78 is 6.47. The van der Waals surface area contributed by atoms with E-state index in [1.54, 1.807) is 6.07 Å². The van der Waals surface area contributed by atoms with Crippen LogP contribution in [0, 0.1) is 11.3 Å². The van der Waals surface area contributed by atoms with Crippen LogP contribution in [0.1, 0.15) is 20.8 Å². The number of hydrogen-bond acceptors (Lipinski definition) is 4. The fourth-order valence-electron chi connectivity index (χ4n) is 1.48. The van der Waals surface area contributed by atoms with Crippen molar-refractivity contribution in [3.63, 3.8) is 0 Å². The average Bonchev–Trinajstić information content (AvgIpc) is 2.26. The summed E-state index contributed by atoms with van der Waals surface area (Å²) in [4.78, 5) is 11.7. The zero-order valence-electron chi connectivity index (χ0n) is 10.8. The van der Waals surface area contributed by atoms with Crippen LogP contribution in [0.3, 0.4) is 0 Å². The predicted octanol–water partition coefficient (Wildman–Crippen LogP) is 1.84. The second kappa shape index (κ2) is 5.58. The first-order chi connectivity index (χ1) is 7.88. The van der Waals surface area contributed by atoms with Crippen molar-refractivity contribution in [2.24, 2.45) is 11.3 Å². The minimum absolute atomic E-state index is 0.0892. The normalized spacial score (nSPS) is 13.5. The number of ether oxygens (including phenoxy) is 1. The minimum Gasteiger partial charge on any atom is -0.480 e. The molecule has 17 heavy (non-hydrogen) atoms. The Hall–Kier alpha value is -0.970. The Morgan fingerprint density at radius 1 is 1.47 bits per heavy atom. The highest BCUT2D eigenvalue weighted by molar-refractivity contribution is 7.80. The predicted molar refractivity (Wildman–Crippen MR) is 71.8 cm³/mol. The van der Waals surface area contributed by atoms with E-state index in [4.69, 9.17) is 4.74 Å². The van der Waals surface area contributed by atoms with Crippen molar-refractivity contribution in [2.45, 2.75) is 27.3 Å². The van der Waals surface area contributed by atoms with E-state index in [0.29, 0.717) is 12.4 Å². The van der Waals surface area contributed by atoms with Crippen LogP contribution in [-0.2, 0) is 6.54 Å². The molecule has 0 bridgehead atoms. The third-order valence-corrected chi connectivity index (χ3v) is 3.33. The summed E-state index contributed by atoms with van der Waals surface area (Å²) in [6.07, 6.45) is 0. The van der Waals surface area contributed by atoms with E-state index >= 15 is 0 Å². The van der Waals surface area contributed by atoms with Gasteiger partial charge in [-0.1, -0.05) is 20.8 Å². The van der Waals surface area contributed by atoms with Crippen LogP contribution in [0.5, 0.6) is 5.88 Å². The summed E-state index contributed by atoms with van der Waals surface area (Å²) in [5.74, 6) is 1.45. The van der Waals surface area contributed by atoms with E-state index in [0.717, 1.165) is 5.75 Å². The number of aromatic nitrogens is 2. The zero-order chi connectivity index (χ0) is 13.1. The van der Waals surface area contributed by atoms with Crippen molar-refractivity contribution in [2.75, 3.05) is 12.9 Å². The van der Waals surface area contributed by atoms with Crippen LogP contribution in [0.2, 0.25) is 0 Å². The molecule has 0 radical (unpaired) electrons. The van der Waals surface area contributed by atoms with Gasteiger partial charge in [0.15, 0.2) is 0 Å². The molecular formula is C12H20N2O2S. The monoisotopic (exact) mass is 256 g/mol. The lowest BCUT2D eigenvalue weighted by Crippen LogP contribution is -2.32. The molecule has 1 atom stereocenters. The van der Waals surface area contributed by atoms with Gasteiger partial charge in [-0.3, -0.25) is 4.79 Å². The molecule has 1 aromatic heterocycles. The molecule has 0 N–H and O–H groups in total. The van der Waals surface area contributed by atoms with Gasteiger partial charge in [0, 0.05) is 18.7 Å². The van der Waals surface area contributed by atoms with E-state index < -0.39 is 0 Å². The van der Waals surface area contributed by atoms with Gasteiger partial charge in [-0.25, -0.2) is 4.68 Å². The number of methoxy groups -OCH3 is 1. The van der Waals surface area contributed by atoms with Crippen molar-refractivity contribution in [3.8, 4) is 5.88 Å². The van der Waals surface area contributed by atoms with Crippen LogP contribution in [-0.4, -0.2) is 22.6 Å². The lowest BCUT2D eigenvalue weighted by molar-refractivity contribution is 0.224. The maximum atomic E-state index is 11.7. The van der Waals surface area contributed by atoms with Gasteiger partial charge in [-0.05, 0) is 17.1 Å². The standard InChI is InChI=1S/C12H20N2O2S/c1-12(2,3)9(8-17)7-14-11(15)6-5-10(13-14)16-4/h5-6,9,17H,7-8H2,1-4H3. The molecule has 1 heterocycles. The molecule has 0 spiro atoms. The minimum atomic E-state index is -0.109. The molecule has 96 valence electrons. The molecule has 0 amide bonds. The maximum Gasteiger partial charge on any atom is 0.266 e. The van der Waals surface area contributed by atoms with E-state index in [1.807, 2.05) is 0 Å². The first-order valence-electron chi connectivity index (χ1n) is 5.61. The first-order valence-corrected chi connectivity index (χ1v) is 6.24. The van der Waals surface area contributed by atoms with Crippen molar-refractivity contribution in [1.82, 2.24) is 9.78 Å². The second-order valence-corrected chi connectivity index (χ2v) is 5.51. The fraction of sp³-hybridized carbons (Fsp3) is 0.667. The van der Waals surface area contributed by atoms with E-state index in [-0.39, 0.29) is 16.9 Å². The summed E-state index contributed by atoms with van der Waals surface area (Å²) in [5, 5.41) is 4.14. The van der Waals surface area contributed by atoms with Gasteiger partial charge in [0.25, 0.3) is 5.56 Å². The van der Waals surface area contributed by atoms with Gasteiger partial charge in [0.05, 0.1) is 7.11 Å². The van der Waals surface area contributed by atoms with Gasteiger partial charge < -0.3 is 4.74 Å². The highest BCUT2D eigenvalue weighted by Gasteiger charge is 2.24. The molecule has 4 nitrogen and oxygen atoms in total. The number of rotatable bonds is 4. The molecule has 0 fully saturated rings. The molecule has 0 saturated carbocycles. The van der Waals surface area contributed by atoms with Gasteiger partial charge in [-0.15, -0.1) is 5.10 Å². The van der Waals surface area contributed by atoms with Gasteiger partial charge in [0.1, 0.15) is 0 Å². The second-order valence-electron chi connectivity index (χ2n) is 5.14. The SMILES string of the molecule is COc1ccc(=O)n(CC(CS)C(C)(C)C)n1. The zero-order valence-corrected chi connectivity index (χ0v) is 11.7. The van der Waals surface area contributed by atoms with Gasteiger partial charge in [-0.2, -0.15) is 12.6 Å². The largest absolute Gasteiger partial charge is 0.480 e. The summed E-state index contributed by atoms with van der Waals surface area (Å²) >= 11 is 4.35. The first kappa shape index (κ1) is 14.1. The van der Waals surface area contributed by atoms with Crippen LogP contribution < -0.4 is 10.3 Å². The molecule has 0 saturated heterocycles. The molecular weight excluding hydrogens is 236 g/mol. The van der Waals surface area contributed by atoms with E-state index in [1.165, 1.54) is 17.9 Å². The quantitative estimate of drug-likeness (QED) is 0.836. The van der Waals surface area contributed by atoms with Crippen LogP contribution in [0.25, 0.3) is 0 Å². The van der Waals surface area contributed by atoms with Crippen molar-refractivity contribution >= 4 is 12.6 Å². The third kappa shape index (κ3) is 3.77. The third-order valence-electron chi connectivity index (χ3n) is 2.89. The van der Waals surface area contributed by atoms with Gasteiger partial charge >= 0.3 is 0 Å². The maximum absolute atomic E-state index is 11.7. The van der Waals surface area contributed by atoms with E-state index in [2.05, 4.69) is 38.5 Å².